The zero-order valence-electron chi connectivity index (χ0n) is 26.9. The van der Waals surface area contributed by atoms with Crippen molar-refractivity contribution in [3.05, 3.63) is 170 Å². The van der Waals surface area contributed by atoms with Crippen molar-refractivity contribution in [2.24, 2.45) is 0 Å². The molecular formula is C45H28N4O. The summed E-state index contributed by atoms with van der Waals surface area (Å²) in [5, 5.41) is 4.54. The van der Waals surface area contributed by atoms with E-state index in [0.29, 0.717) is 17.6 Å². The summed E-state index contributed by atoms with van der Waals surface area (Å²) in [5.74, 6) is 1.81. The van der Waals surface area contributed by atoms with Crippen molar-refractivity contribution in [1.82, 2.24) is 19.5 Å². The van der Waals surface area contributed by atoms with Gasteiger partial charge < -0.3 is 4.42 Å². The Kier molecular flexibility index (Phi) is 6.42. The second-order valence-electron chi connectivity index (χ2n) is 12.5. The van der Waals surface area contributed by atoms with Gasteiger partial charge in [-0.15, -0.1) is 0 Å². The fourth-order valence-electron chi connectivity index (χ4n) is 7.15. The lowest BCUT2D eigenvalue weighted by Crippen LogP contribution is -2.06. The van der Waals surface area contributed by atoms with Crippen LogP contribution >= 0.6 is 0 Å². The lowest BCUT2D eigenvalue weighted by atomic mass is 9.97. The summed E-state index contributed by atoms with van der Waals surface area (Å²) >= 11 is 0. The summed E-state index contributed by atoms with van der Waals surface area (Å²) in [4.78, 5) is 15.3. The molecule has 234 valence electrons. The Labute approximate surface area is 287 Å². The predicted molar refractivity (Wildman–Crippen MR) is 203 cm³/mol. The summed E-state index contributed by atoms with van der Waals surface area (Å²) in [6.07, 6.45) is 0. The van der Waals surface area contributed by atoms with E-state index >= 15 is 0 Å². The van der Waals surface area contributed by atoms with Gasteiger partial charge in [0.1, 0.15) is 11.2 Å². The van der Waals surface area contributed by atoms with E-state index in [9.17, 15) is 0 Å². The fraction of sp³-hybridized carbons (Fsp3) is 0. The highest BCUT2D eigenvalue weighted by Crippen LogP contribution is 2.39. The highest BCUT2D eigenvalue weighted by Gasteiger charge is 2.18. The van der Waals surface area contributed by atoms with Crippen LogP contribution in [0.15, 0.2) is 174 Å². The number of hydrogen-bond acceptors (Lipinski definition) is 4. The smallest absolute Gasteiger partial charge is 0.238 e. The number of hydrogen-bond donors (Lipinski definition) is 0. The van der Waals surface area contributed by atoms with Crippen molar-refractivity contribution < 1.29 is 4.42 Å². The van der Waals surface area contributed by atoms with Gasteiger partial charge in [0.05, 0.1) is 11.0 Å². The Morgan fingerprint density at radius 1 is 0.380 bits per heavy atom. The summed E-state index contributed by atoms with van der Waals surface area (Å²) in [7, 11) is 0. The first-order chi connectivity index (χ1) is 24.8. The maximum Gasteiger partial charge on any atom is 0.238 e. The van der Waals surface area contributed by atoms with Crippen molar-refractivity contribution in [2.45, 2.75) is 0 Å². The number of nitrogens with zero attached hydrogens (tertiary/aromatic N) is 4. The van der Waals surface area contributed by atoms with Gasteiger partial charge in [-0.2, -0.15) is 9.97 Å². The number of aromatic nitrogens is 4. The zero-order valence-corrected chi connectivity index (χ0v) is 26.9. The van der Waals surface area contributed by atoms with E-state index in [1.165, 1.54) is 11.1 Å². The van der Waals surface area contributed by atoms with Gasteiger partial charge in [0.25, 0.3) is 0 Å². The molecule has 0 fully saturated rings. The molecule has 0 amide bonds. The summed E-state index contributed by atoms with van der Waals surface area (Å²) in [5.41, 5.74) is 10.1. The van der Waals surface area contributed by atoms with Crippen LogP contribution in [0, 0.1) is 0 Å². The average molecular weight is 641 g/mol. The predicted octanol–water partition coefficient (Wildman–Crippen LogP) is 11.5. The monoisotopic (exact) mass is 640 g/mol. The molecule has 0 bridgehead atoms. The van der Waals surface area contributed by atoms with Crippen LogP contribution in [-0.4, -0.2) is 19.5 Å². The molecule has 0 aliphatic carbocycles. The van der Waals surface area contributed by atoms with Crippen molar-refractivity contribution in [3.8, 4) is 51.0 Å². The van der Waals surface area contributed by atoms with Gasteiger partial charge in [-0.05, 0) is 58.7 Å². The van der Waals surface area contributed by atoms with Crippen molar-refractivity contribution >= 4 is 43.7 Å². The van der Waals surface area contributed by atoms with Crippen LogP contribution in [0.25, 0.3) is 94.7 Å². The minimum atomic E-state index is 0.578. The molecular weight excluding hydrogens is 613 g/mol. The van der Waals surface area contributed by atoms with E-state index in [2.05, 4.69) is 132 Å². The van der Waals surface area contributed by atoms with Crippen LogP contribution in [-0.2, 0) is 0 Å². The number of benzene rings is 7. The zero-order chi connectivity index (χ0) is 33.0. The maximum atomic E-state index is 6.45. The Bertz CT molecular complexity index is 2820. The number of rotatable bonds is 5. The quantitative estimate of drug-likeness (QED) is 0.188. The van der Waals surface area contributed by atoms with E-state index in [1.807, 2.05) is 42.5 Å². The van der Waals surface area contributed by atoms with Crippen LogP contribution in [0.2, 0.25) is 0 Å². The van der Waals surface area contributed by atoms with E-state index < -0.39 is 0 Å². The highest BCUT2D eigenvalue weighted by atomic mass is 16.3. The van der Waals surface area contributed by atoms with Gasteiger partial charge in [0.2, 0.25) is 5.95 Å². The second kappa shape index (κ2) is 11.4. The molecule has 0 aliphatic heterocycles. The third-order valence-corrected chi connectivity index (χ3v) is 9.47. The van der Waals surface area contributed by atoms with Gasteiger partial charge in [0, 0.05) is 32.7 Å². The molecule has 10 rings (SSSR count). The molecule has 7 aromatic carbocycles. The normalized spacial score (nSPS) is 11.6. The molecule has 3 aromatic heterocycles. The molecule has 0 spiro atoms. The largest absolute Gasteiger partial charge is 0.456 e. The highest BCUT2D eigenvalue weighted by molar-refractivity contribution is 6.13. The van der Waals surface area contributed by atoms with Crippen molar-refractivity contribution in [2.75, 3.05) is 0 Å². The molecule has 0 aliphatic rings. The SMILES string of the molecule is c1ccc(-c2nc(-c3cccc(-c4ccc5c(c4)oc4cccc(-c6ccccc6)c45)c3)nc(-n3c4ccccc4c4ccccc43)n2)cc1. The average Bonchev–Trinajstić information content (AvgIpc) is 3.74. The molecule has 50 heavy (non-hydrogen) atoms. The summed E-state index contributed by atoms with van der Waals surface area (Å²) in [6, 6.07) is 58.5. The topological polar surface area (TPSA) is 56.7 Å². The fourth-order valence-corrected chi connectivity index (χ4v) is 7.15. The van der Waals surface area contributed by atoms with Crippen LogP contribution in [0.5, 0.6) is 0 Å². The lowest BCUT2D eigenvalue weighted by Gasteiger charge is -2.11. The van der Waals surface area contributed by atoms with E-state index in [-0.39, 0.29) is 0 Å². The molecule has 5 nitrogen and oxygen atoms in total. The van der Waals surface area contributed by atoms with E-state index in [0.717, 1.165) is 66.0 Å². The summed E-state index contributed by atoms with van der Waals surface area (Å²) < 4.78 is 8.59. The van der Waals surface area contributed by atoms with Crippen LogP contribution < -0.4 is 0 Å². The molecule has 0 unspecified atom stereocenters. The Morgan fingerprint density at radius 2 is 0.960 bits per heavy atom. The standard InChI is InChI=1S/C45H28N4O/c1-3-13-29(14-4-1)34-21-12-24-40-42(34)37-26-25-32(28-41(37)50-40)31-17-11-18-33(27-31)44-46-43(30-15-5-2-6-16-30)47-45(48-44)49-38-22-9-7-19-35(38)36-20-8-10-23-39(36)49/h1-28H. The lowest BCUT2D eigenvalue weighted by molar-refractivity contribution is 0.669. The molecule has 0 atom stereocenters. The van der Waals surface area contributed by atoms with Gasteiger partial charge in [-0.1, -0.05) is 133 Å². The van der Waals surface area contributed by atoms with Crippen LogP contribution in [0.3, 0.4) is 0 Å². The Balaban J connectivity index is 1.13. The molecule has 10 aromatic rings. The minimum absolute atomic E-state index is 0.578. The second-order valence-corrected chi connectivity index (χ2v) is 12.5. The molecule has 5 heteroatoms. The molecule has 3 heterocycles. The van der Waals surface area contributed by atoms with Gasteiger partial charge >= 0.3 is 0 Å². The van der Waals surface area contributed by atoms with Crippen LogP contribution in [0.1, 0.15) is 0 Å². The van der Waals surface area contributed by atoms with Crippen molar-refractivity contribution in [3.63, 3.8) is 0 Å². The Morgan fingerprint density at radius 3 is 1.70 bits per heavy atom. The maximum absolute atomic E-state index is 6.45. The molecule has 0 saturated heterocycles. The third-order valence-electron chi connectivity index (χ3n) is 9.47. The van der Waals surface area contributed by atoms with Gasteiger partial charge in [0.15, 0.2) is 11.6 Å². The first kappa shape index (κ1) is 28.2. The number of para-hydroxylation sites is 2. The molecule has 0 N–H and O–H groups in total. The van der Waals surface area contributed by atoms with Gasteiger partial charge in [-0.25, -0.2) is 4.98 Å². The Hall–Kier alpha value is -6.85. The third kappa shape index (κ3) is 4.60. The number of fused-ring (bicyclic) bond motifs is 6. The minimum Gasteiger partial charge on any atom is -0.456 e. The first-order valence-electron chi connectivity index (χ1n) is 16.7. The molecule has 0 radical (unpaired) electrons. The van der Waals surface area contributed by atoms with E-state index in [1.54, 1.807) is 0 Å². The summed E-state index contributed by atoms with van der Waals surface area (Å²) in [6.45, 7) is 0. The molecule has 0 saturated carbocycles. The number of furan rings is 1. The van der Waals surface area contributed by atoms with Gasteiger partial charge in [-0.3, -0.25) is 4.57 Å². The van der Waals surface area contributed by atoms with E-state index in [4.69, 9.17) is 19.4 Å². The first-order valence-corrected chi connectivity index (χ1v) is 16.7. The van der Waals surface area contributed by atoms with Crippen LogP contribution in [0.4, 0.5) is 0 Å². The van der Waals surface area contributed by atoms with Crippen molar-refractivity contribution in [1.29, 1.82) is 0 Å².